The number of anilines is 2. The molecule has 5 aromatic carbocycles. The van der Waals surface area contributed by atoms with Crippen LogP contribution in [0, 0.1) is 17.8 Å². The summed E-state index contributed by atoms with van der Waals surface area (Å²) in [5.74, 6) is 2.91. The van der Waals surface area contributed by atoms with Crippen LogP contribution in [0.1, 0.15) is 66.3 Å². The first kappa shape index (κ1) is 24.5. The average Bonchev–Trinajstić information content (AvgIpc) is 3.32. The third-order valence-electron chi connectivity index (χ3n) is 11.3. The molecule has 5 aromatic rings. The molecule has 0 unspecified atom stereocenters. The summed E-state index contributed by atoms with van der Waals surface area (Å²) in [5.41, 5.74) is 11.9. The molecule has 0 heterocycles. The number of benzene rings is 5. The summed E-state index contributed by atoms with van der Waals surface area (Å²) in [5, 5.41) is 3.80. The fourth-order valence-corrected chi connectivity index (χ4v) is 10.1. The van der Waals surface area contributed by atoms with Crippen LogP contribution in [0.4, 0.5) is 11.4 Å². The lowest BCUT2D eigenvalue weighted by Crippen LogP contribution is -2.48. The maximum atomic E-state index is 3.80. The van der Waals surface area contributed by atoms with E-state index in [1.807, 2.05) is 0 Å². The van der Waals surface area contributed by atoms with Crippen molar-refractivity contribution in [2.75, 3.05) is 5.32 Å². The molecule has 0 amide bonds. The van der Waals surface area contributed by atoms with Crippen molar-refractivity contribution in [3.63, 3.8) is 0 Å². The molecule has 5 aliphatic carbocycles. The molecule has 1 nitrogen and oxygen atoms in total. The van der Waals surface area contributed by atoms with E-state index in [2.05, 4.69) is 133 Å². The van der Waals surface area contributed by atoms with E-state index in [0.29, 0.717) is 5.41 Å². The maximum Gasteiger partial charge on any atom is 0.0714 e. The molecule has 10 rings (SSSR count). The summed E-state index contributed by atoms with van der Waals surface area (Å²) in [6.07, 6.45) is 8.73. The van der Waals surface area contributed by atoms with Crippen molar-refractivity contribution < 1.29 is 0 Å². The minimum atomic E-state index is -0.367. The average molecular weight is 544 g/mol. The third-order valence-corrected chi connectivity index (χ3v) is 11.3. The van der Waals surface area contributed by atoms with E-state index in [0.717, 1.165) is 23.4 Å². The first-order valence-electron chi connectivity index (χ1n) is 15.9. The Bertz CT molecular complexity index is 1690. The first-order chi connectivity index (χ1) is 20.7. The molecule has 4 bridgehead atoms. The molecule has 0 aliphatic heterocycles. The Morgan fingerprint density at radius 1 is 0.452 bits per heavy atom. The van der Waals surface area contributed by atoms with Gasteiger partial charge in [0, 0.05) is 11.4 Å². The summed E-state index contributed by atoms with van der Waals surface area (Å²) >= 11 is 0. The molecule has 4 fully saturated rings. The van der Waals surface area contributed by atoms with Crippen LogP contribution >= 0.6 is 0 Å². The largest absolute Gasteiger partial charge is 0.356 e. The zero-order valence-corrected chi connectivity index (χ0v) is 24.1. The number of nitrogens with one attached hydrogen (secondary N) is 1. The van der Waals surface area contributed by atoms with Crippen LogP contribution in [0.3, 0.4) is 0 Å². The summed E-state index contributed by atoms with van der Waals surface area (Å²) in [4.78, 5) is 0. The van der Waals surface area contributed by atoms with Crippen LogP contribution in [-0.4, -0.2) is 0 Å². The van der Waals surface area contributed by atoms with Gasteiger partial charge in [-0.15, -0.1) is 0 Å². The lowest BCUT2D eigenvalue weighted by Gasteiger charge is -2.57. The van der Waals surface area contributed by atoms with Crippen LogP contribution in [0.25, 0.3) is 11.1 Å². The van der Waals surface area contributed by atoms with E-state index < -0.39 is 0 Å². The van der Waals surface area contributed by atoms with Crippen LogP contribution in [0.5, 0.6) is 0 Å². The van der Waals surface area contributed by atoms with Gasteiger partial charge in [-0.1, -0.05) is 103 Å². The van der Waals surface area contributed by atoms with Gasteiger partial charge in [0.15, 0.2) is 0 Å². The lowest BCUT2D eigenvalue weighted by atomic mass is 9.48. The molecule has 0 saturated heterocycles. The summed E-state index contributed by atoms with van der Waals surface area (Å²) in [6.45, 7) is 0. The second kappa shape index (κ2) is 9.20. The summed E-state index contributed by atoms with van der Waals surface area (Å²) in [6, 6.07) is 47.6. The van der Waals surface area contributed by atoms with Gasteiger partial charge in [-0.25, -0.2) is 0 Å². The van der Waals surface area contributed by atoms with Gasteiger partial charge in [0.2, 0.25) is 0 Å². The SMILES string of the molecule is c1ccc(C2(c3ccccc3)c3ccccc3-c3ccc(Nc4ccc(C56CC7CC(CC(C7)C5)C6)cc4)cc32)cc1. The number of rotatable bonds is 5. The molecule has 1 heteroatoms. The molecular formula is C41H37N. The number of hydrogen-bond acceptors (Lipinski definition) is 1. The van der Waals surface area contributed by atoms with Gasteiger partial charge in [-0.05, 0) is 125 Å². The predicted octanol–water partition coefficient (Wildman–Crippen LogP) is 10.3. The highest BCUT2D eigenvalue weighted by atomic mass is 14.9. The van der Waals surface area contributed by atoms with E-state index >= 15 is 0 Å². The predicted molar refractivity (Wildman–Crippen MR) is 173 cm³/mol. The minimum absolute atomic E-state index is 0.367. The molecule has 0 spiro atoms. The lowest BCUT2D eigenvalue weighted by molar-refractivity contribution is -0.00518. The molecule has 0 atom stereocenters. The smallest absolute Gasteiger partial charge is 0.0714 e. The van der Waals surface area contributed by atoms with Crippen molar-refractivity contribution >= 4 is 11.4 Å². The van der Waals surface area contributed by atoms with Gasteiger partial charge in [0.25, 0.3) is 0 Å². The van der Waals surface area contributed by atoms with Crippen molar-refractivity contribution in [3.05, 3.63) is 155 Å². The maximum absolute atomic E-state index is 3.80. The fraction of sp³-hybridized carbons (Fsp3) is 0.268. The fourth-order valence-electron chi connectivity index (χ4n) is 10.1. The quantitative estimate of drug-likeness (QED) is 0.228. The van der Waals surface area contributed by atoms with E-state index in [1.165, 1.54) is 77.6 Å². The van der Waals surface area contributed by atoms with E-state index in [9.17, 15) is 0 Å². The van der Waals surface area contributed by atoms with Gasteiger partial charge in [-0.3, -0.25) is 0 Å². The Hall–Kier alpha value is -4.10. The monoisotopic (exact) mass is 543 g/mol. The van der Waals surface area contributed by atoms with Gasteiger partial charge < -0.3 is 5.32 Å². The molecule has 5 aliphatic rings. The highest BCUT2D eigenvalue weighted by Gasteiger charge is 2.51. The Kier molecular flexibility index (Phi) is 5.37. The molecule has 1 N–H and O–H groups in total. The number of hydrogen-bond donors (Lipinski definition) is 1. The topological polar surface area (TPSA) is 12.0 Å². The third kappa shape index (κ3) is 3.56. The Labute approximate surface area is 249 Å². The van der Waals surface area contributed by atoms with Crippen LogP contribution in [0.15, 0.2) is 127 Å². The second-order valence-corrected chi connectivity index (χ2v) is 13.7. The molecule has 0 radical (unpaired) electrons. The molecule has 42 heavy (non-hydrogen) atoms. The van der Waals surface area contributed by atoms with Crippen molar-refractivity contribution in [2.24, 2.45) is 17.8 Å². The number of fused-ring (bicyclic) bond motifs is 3. The highest BCUT2D eigenvalue weighted by Crippen LogP contribution is 2.61. The zero-order valence-electron chi connectivity index (χ0n) is 24.1. The summed E-state index contributed by atoms with van der Waals surface area (Å²) < 4.78 is 0. The van der Waals surface area contributed by atoms with E-state index in [-0.39, 0.29) is 5.41 Å². The molecule has 4 saturated carbocycles. The second-order valence-electron chi connectivity index (χ2n) is 13.7. The highest BCUT2D eigenvalue weighted by molar-refractivity contribution is 5.88. The molecule has 0 aromatic heterocycles. The first-order valence-corrected chi connectivity index (χ1v) is 15.9. The van der Waals surface area contributed by atoms with Crippen LogP contribution in [-0.2, 0) is 10.8 Å². The van der Waals surface area contributed by atoms with Gasteiger partial charge in [-0.2, -0.15) is 0 Å². The normalized spacial score (nSPS) is 26.0. The molecular weight excluding hydrogens is 506 g/mol. The minimum Gasteiger partial charge on any atom is -0.356 e. The zero-order chi connectivity index (χ0) is 27.7. The Morgan fingerprint density at radius 3 is 1.60 bits per heavy atom. The molecule has 206 valence electrons. The van der Waals surface area contributed by atoms with Gasteiger partial charge in [0.05, 0.1) is 5.41 Å². The standard InChI is InChI=1S/C41H37N/c1-3-9-32(10-4-1)41(33-11-5-2-6-12-33)38-14-8-7-13-36(38)37-20-19-35(24-39(37)41)42-34-17-15-31(16-18-34)40-25-28-21-29(26-40)23-30(22-28)27-40/h1-20,24,28-30,42H,21-23,25-27H2. The Balaban J connectivity index is 1.12. The van der Waals surface area contributed by atoms with Crippen molar-refractivity contribution in [2.45, 2.75) is 49.4 Å². The van der Waals surface area contributed by atoms with E-state index in [4.69, 9.17) is 0 Å². The van der Waals surface area contributed by atoms with Gasteiger partial charge >= 0.3 is 0 Å². The van der Waals surface area contributed by atoms with Crippen LogP contribution in [0.2, 0.25) is 0 Å². The van der Waals surface area contributed by atoms with Crippen molar-refractivity contribution in [3.8, 4) is 11.1 Å². The summed E-state index contributed by atoms with van der Waals surface area (Å²) in [7, 11) is 0. The van der Waals surface area contributed by atoms with Crippen molar-refractivity contribution in [1.82, 2.24) is 0 Å². The van der Waals surface area contributed by atoms with Crippen molar-refractivity contribution in [1.29, 1.82) is 0 Å². The van der Waals surface area contributed by atoms with Crippen LogP contribution < -0.4 is 5.32 Å². The van der Waals surface area contributed by atoms with Gasteiger partial charge in [0.1, 0.15) is 0 Å². The Morgan fingerprint density at radius 2 is 0.976 bits per heavy atom. The van der Waals surface area contributed by atoms with E-state index in [1.54, 1.807) is 5.56 Å².